The van der Waals surface area contributed by atoms with Gasteiger partial charge in [-0.25, -0.2) is 0 Å². The first-order valence-corrected chi connectivity index (χ1v) is 5.85. The number of hydrogen-bond acceptors (Lipinski definition) is 3. The lowest BCUT2D eigenvalue weighted by atomic mass is 10.1. The molecule has 3 nitrogen and oxygen atoms in total. The van der Waals surface area contributed by atoms with Crippen molar-refractivity contribution in [3.63, 3.8) is 0 Å². The van der Waals surface area contributed by atoms with Crippen LogP contribution in [0.3, 0.4) is 0 Å². The second-order valence-corrected chi connectivity index (χ2v) is 4.55. The average molecular weight is 329 g/mol. The molecule has 0 aliphatic carbocycles. The summed E-state index contributed by atoms with van der Waals surface area (Å²) in [4.78, 5) is 0. The van der Waals surface area contributed by atoms with Crippen molar-refractivity contribution in [1.82, 2.24) is 0 Å². The largest absolute Gasteiger partial charge is 0.493 e. The fourth-order valence-corrected chi connectivity index (χ4v) is 2.28. The number of nitrogen functional groups attached to an aromatic ring is 1. The molecule has 0 aliphatic rings. The van der Waals surface area contributed by atoms with Gasteiger partial charge in [-0.15, -0.1) is 0 Å². The summed E-state index contributed by atoms with van der Waals surface area (Å²) in [6.07, 6.45) is 0. The van der Waals surface area contributed by atoms with E-state index < -0.39 is 0 Å². The highest BCUT2D eigenvalue weighted by atomic mass is 127. The maximum Gasteiger partial charge on any atom is 0.161 e. The zero-order valence-corrected chi connectivity index (χ0v) is 11.2. The third-order valence-electron chi connectivity index (χ3n) is 2.50. The van der Waals surface area contributed by atoms with Crippen LogP contribution >= 0.6 is 22.6 Å². The molecule has 0 radical (unpaired) electrons. The van der Waals surface area contributed by atoms with Crippen LogP contribution in [0.1, 0.15) is 0 Å². The molecule has 0 heterocycles. The molecule has 2 aromatic rings. The van der Waals surface area contributed by atoms with Crippen molar-refractivity contribution in [3.05, 3.63) is 27.8 Å². The number of fused-ring (bicyclic) bond motifs is 1. The summed E-state index contributed by atoms with van der Waals surface area (Å²) in [5.74, 6) is 1.42. The molecule has 4 heteroatoms. The number of benzene rings is 2. The van der Waals surface area contributed by atoms with E-state index in [2.05, 4.69) is 22.6 Å². The fourth-order valence-electron chi connectivity index (χ4n) is 1.66. The Morgan fingerprint density at radius 3 is 2.12 bits per heavy atom. The van der Waals surface area contributed by atoms with Gasteiger partial charge in [-0.3, -0.25) is 0 Å². The van der Waals surface area contributed by atoms with E-state index in [1.807, 2.05) is 24.3 Å². The van der Waals surface area contributed by atoms with Crippen molar-refractivity contribution in [2.75, 3.05) is 20.0 Å². The Bertz CT molecular complexity index is 492. The van der Waals surface area contributed by atoms with Gasteiger partial charge in [0.15, 0.2) is 11.5 Å². The van der Waals surface area contributed by atoms with Gasteiger partial charge in [0.2, 0.25) is 0 Å². The van der Waals surface area contributed by atoms with Crippen LogP contribution in [0.15, 0.2) is 24.3 Å². The minimum Gasteiger partial charge on any atom is -0.493 e. The number of methoxy groups -OCH3 is 2. The number of rotatable bonds is 2. The summed E-state index contributed by atoms with van der Waals surface area (Å²) in [6, 6.07) is 7.75. The van der Waals surface area contributed by atoms with E-state index in [1.165, 1.54) is 0 Å². The summed E-state index contributed by atoms with van der Waals surface area (Å²) in [7, 11) is 3.25. The Hall–Kier alpha value is -1.17. The van der Waals surface area contributed by atoms with Crippen molar-refractivity contribution in [2.24, 2.45) is 0 Å². The van der Waals surface area contributed by atoms with Gasteiger partial charge in [0.25, 0.3) is 0 Å². The van der Waals surface area contributed by atoms with E-state index in [0.717, 1.165) is 25.8 Å². The lowest BCUT2D eigenvalue weighted by Crippen LogP contribution is -1.94. The zero-order valence-electron chi connectivity index (χ0n) is 9.08. The van der Waals surface area contributed by atoms with Gasteiger partial charge < -0.3 is 15.2 Å². The van der Waals surface area contributed by atoms with Gasteiger partial charge in [0, 0.05) is 20.0 Å². The number of nitrogens with two attached hydrogens (primary N) is 1. The zero-order chi connectivity index (χ0) is 11.7. The van der Waals surface area contributed by atoms with E-state index in [4.69, 9.17) is 15.2 Å². The topological polar surface area (TPSA) is 44.5 Å². The van der Waals surface area contributed by atoms with E-state index in [9.17, 15) is 0 Å². The number of halogens is 1. The summed E-state index contributed by atoms with van der Waals surface area (Å²) < 4.78 is 11.7. The van der Waals surface area contributed by atoms with Crippen LogP contribution in [-0.2, 0) is 0 Å². The smallest absolute Gasteiger partial charge is 0.161 e. The molecule has 0 unspecified atom stereocenters. The highest BCUT2D eigenvalue weighted by Gasteiger charge is 2.09. The predicted octanol–water partition coefficient (Wildman–Crippen LogP) is 3.04. The third-order valence-corrected chi connectivity index (χ3v) is 3.44. The fraction of sp³-hybridized carbons (Fsp3) is 0.167. The minimum absolute atomic E-state index is 0.698. The molecule has 2 aromatic carbocycles. The number of ether oxygens (including phenoxy) is 2. The molecule has 0 atom stereocenters. The van der Waals surface area contributed by atoms with Gasteiger partial charge in [-0.1, -0.05) is 0 Å². The summed E-state index contributed by atoms with van der Waals surface area (Å²) in [5, 5.41) is 2.07. The molecule has 0 aromatic heterocycles. The standard InChI is InChI=1S/C12H12INO2/c1-15-11-5-7-8(6-12(11)16-2)10(14)4-3-9(7)13/h3-6H,14H2,1-2H3. The molecule has 0 spiro atoms. The lowest BCUT2D eigenvalue weighted by molar-refractivity contribution is 0.356. The van der Waals surface area contributed by atoms with E-state index in [-0.39, 0.29) is 0 Å². The Morgan fingerprint density at radius 2 is 1.56 bits per heavy atom. The normalized spacial score (nSPS) is 10.4. The molecule has 0 saturated heterocycles. The molecular formula is C12H12INO2. The van der Waals surface area contributed by atoms with Crippen LogP contribution < -0.4 is 15.2 Å². The van der Waals surface area contributed by atoms with E-state index in [1.54, 1.807) is 14.2 Å². The highest BCUT2D eigenvalue weighted by molar-refractivity contribution is 14.1. The SMILES string of the molecule is COc1cc2c(N)ccc(I)c2cc1OC. The first kappa shape index (κ1) is 11.3. The second kappa shape index (κ2) is 4.37. The van der Waals surface area contributed by atoms with Crippen molar-refractivity contribution in [1.29, 1.82) is 0 Å². The van der Waals surface area contributed by atoms with Crippen LogP contribution in [-0.4, -0.2) is 14.2 Å². The molecule has 0 aliphatic heterocycles. The first-order chi connectivity index (χ1) is 7.67. The highest BCUT2D eigenvalue weighted by Crippen LogP contribution is 2.36. The molecule has 0 bridgehead atoms. The summed E-state index contributed by atoms with van der Waals surface area (Å²) >= 11 is 2.28. The molecule has 2 rings (SSSR count). The van der Waals surface area contributed by atoms with Crippen LogP contribution in [0.5, 0.6) is 11.5 Å². The van der Waals surface area contributed by atoms with Gasteiger partial charge in [0.1, 0.15) is 0 Å². The van der Waals surface area contributed by atoms with Crippen LogP contribution in [0, 0.1) is 3.57 Å². The Labute approximate surface area is 108 Å². The minimum atomic E-state index is 0.698. The van der Waals surface area contributed by atoms with E-state index >= 15 is 0 Å². The number of hydrogen-bond donors (Lipinski definition) is 1. The van der Waals surface area contributed by atoms with Crippen LogP contribution in [0.4, 0.5) is 5.69 Å². The van der Waals surface area contributed by atoms with Crippen molar-refractivity contribution < 1.29 is 9.47 Å². The third kappa shape index (κ3) is 1.77. The molecular weight excluding hydrogens is 317 g/mol. The Morgan fingerprint density at radius 1 is 1.00 bits per heavy atom. The van der Waals surface area contributed by atoms with Crippen molar-refractivity contribution in [2.45, 2.75) is 0 Å². The average Bonchev–Trinajstić information content (AvgIpc) is 2.32. The monoisotopic (exact) mass is 329 g/mol. The van der Waals surface area contributed by atoms with Crippen molar-refractivity contribution >= 4 is 39.1 Å². The molecule has 16 heavy (non-hydrogen) atoms. The quantitative estimate of drug-likeness (QED) is 0.680. The Balaban J connectivity index is 2.82. The van der Waals surface area contributed by atoms with Gasteiger partial charge in [0.05, 0.1) is 14.2 Å². The molecule has 0 saturated carbocycles. The maximum atomic E-state index is 5.94. The first-order valence-electron chi connectivity index (χ1n) is 4.77. The molecule has 2 N–H and O–H groups in total. The predicted molar refractivity (Wildman–Crippen MR) is 74.2 cm³/mol. The second-order valence-electron chi connectivity index (χ2n) is 3.39. The van der Waals surface area contributed by atoms with Gasteiger partial charge in [-0.2, -0.15) is 0 Å². The molecule has 84 valence electrons. The maximum absolute atomic E-state index is 5.94. The molecule has 0 amide bonds. The molecule has 0 fully saturated rings. The lowest BCUT2D eigenvalue weighted by Gasteiger charge is -2.11. The van der Waals surface area contributed by atoms with Gasteiger partial charge >= 0.3 is 0 Å². The van der Waals surface area contributed by atoms with Crippen molar-refractivity contribution in [3.8, 4) is 11.5 Å². The summed E-state index contributed by atoms with van der Waals surface area (Å²) in [6.45, 7) is 0. The Kier molecular flexibility index (Phi) is 3.09. The summed E-state index contributed by atoms with van der Waals surface area (Å²) in [5.41, 5.74) is 6.69. The van der Waals surface area contributed by atoms with Crippen LogP contribution in [0.2, 0.25) is 0 Å². The van der Waals surface area contributed by atoms with Gasteiger partial charge in [-0.05, 0) is 46.9 Å². The van der Waals surface area contributed by atoms with Crippen LogP contribution in [0.25, 0.3) is 10.8 Å². The van der Waals surface area contributed by atoms with E-state index in [0.29, 0.717) is 5.75 Å². The number of anilines is 1.